The number of hydrogen-bond acceptors (Lipinski definition) is 8. The van der Waals surface area contributed by atoms with E-state index in [4.69, 9.17) is 23.1 Å². The van der Waals surface area contributed by atoms with Crippen molar-refractivity contribution in [3.8, 4) is 0 Å². The number of nitrogen functional groups attached to an aromatic ring is 2. The first-order valence-corrected chi connectivity index (χ1v) is 10.0. The first-order valence-electron chi connectivity index (χ1n) is 9.64. The van der Waals surface area contributed by atoms with Crippen molar-refractivity contribution in [1.29, 1.82) is 0 Å². The van der Waals surface area contributed by atoms with Gasteiger partial charge in [-0.15, -0.1) is 10.2 Å². The van der Waals surface area contributed by atoms with Crippen LogP contribution in [-0.4, -0.2) is 73.0 Å². The summed E-state index contributed by atoms with van der Waals surface area (Å²) in [5.41, 5.74) is 10.8. The Morgan fingerprint density at radius 2 is 1.94 bits per heavy atom. The van der Waals surface area contributed by atoms with Gasteiger partial charge in [-0.1, -0.05) is 11.6 Å². The van der Waals surface area contributed by atoms with Gasteiger partial charge in [0, 0.05) is 19.6 Å². The molecule has 2 aromatic rings. The third kappa shape index (κ3) is 4.35. The van der Waals surface area contributed by atoms with Gasteiger partial charge in [0.1, 0.15) is 11.6 Å². The third-order valence-corrected chi connectivity index (χ3v) is 5.61. The number of aromatic nitrogens is 5. The second-order valence-electron chi connectivity index (χ2n) is 7.57. The lowest BCUT2D eigenvalue weighted by Gasteiger charge is -2.38. The molecule has 7 N–H and O–H groups in total. The number of carbonyl (C=O) groups excluding carboxylic acids is 2. The van der Waals surface area contributed by atoms with E-state index < -0.39 is 5.91 Å². The van der Waals surface area contributed by atoms with Crippen LogP contribution in [-0.2, 0) is 11.2 Å². The number of likely N-dealkylation sites (tertiary alicyclic amines) is 1. The van der Waals surface area contributed by atoms with Crippen LogP contribution in [0.1, 0.15) is 35.0 Å². The molecule has 4 rings (SSSR count). The van der Waals surface area contributed by atoms with Crippen LogP contribution in [0, 0.1) is 6.92 Å². The summed E-state index contributed by atoms with van der Waals surface area (Å²) < 4.78 is 0. The summed E-state index contributed by atoms with van der Waals surface area (Å²) in [4.78, 5) is 41.4. The fraction of sp³-hybridized carbons (Fsp3) is 0.471. The molecule has 2 aromatic heterocycles. The molecule has 2 aliphatic heterocycles. The van der Waals surface area contributed by atoms with Crippen LogP contribution >= 0.6 is 11.6 Å². The SMILES string of the molecule is Cc1nnc(CC(=O)N2CCC3(CC2)CN/C(=N\C(=O)c2nc(Cl)c(N)nc2N)N3)[nH]1. The maximum atomic E-state index is 12.5. The molecule has 0 aromatic carbocycles. The number of guanidine groups is 1. The number of hydrogen-bond donors (Lipinski definition) is 5. The molecule has 0 bridgehead atoms. The number of piperidine rings is 1. The lowest BCUT2D eigenvalue weighted by atomic mass is 9.88. The zero-order chi connectivity index (χ0) is 22.2. The van der Waals surface area contributed by atoms with Crippen LogP contribution in [0.25, 0.3) is 0 Å². The Morgan fingerprint density at radius 3 is 2.61 bits per heavy atom. The molecular formula is C17H22ClN11O2. The predicted octanol–water partition coefficient (Wildman–Crippen LogP) is -0.986. The summed E-state index contributed by atoms with van der Waals surface area (Å²) in [7, 11) is 0. The number of carbonyl (C=O) groups is 2. The minimum absolute atomic E-state index is 0.00435. The highest BCUT2D eigenvalue weighted by Crippen LogP contribution is 2.25. The molecule has 14 heteroatoms. The minimum atomic E-state index is -0.686. The largest absolute Gasteiger partial charge is 0.382 e. The minimum Gasteiger partial charge on any atom is -0.382 e. The monoisotopic (exact) mass is 447 g/mol. The molecule has 0 unspecified atom stereocenters. The highest BCUT2D eigenvalue weighted by Gasteiger charge is 2.40. The van der Waals surface area contributed by atoms with Gasteiger partial charge in [-0.3, -0.25) is 9.59 Å². The topological polar surface area (TPSA) is 193 Å². The average Bonchev–Trinajstić information content (AvgIpc) is 3.31. The van der Waals surface area contributed by atoms with Crippen LogP contribution in [0.5, 0.6) is 0 Å². The number of amides is 2. The number of nitrogens with zero attached hydrogens (tertiary/aromatic N) is 6. The van der Waals surface area contributed by atoms with E-state index in [0.717, 1.165) is 0 Å². The number of aliphatic imine (C=N–C) groups is 1. The van der Waals surface area contributed by atoms with E-state index in [9.17, 15) is 9.59 Å². The van der Waals surface area contributed by atoms with Crippen molar-refractivity contribution in [3.05, 3.63) is 22.5 Å². The van der Waals surface area contributed by atoms with Crippen molar-refractivity contribution in [2.24, 2.45) is 4.99 Å². The summed E-state index contributed by atoms with van der Waals surface area (Å²) in [5, 5.41) is 14.1. The molecule has 164 valence electrons. The molecule has 2 amide bonds. The summed E-state index contributed by atoms with van der Waals surface area (Å²) in [5.74, 6) is 0.663. The van der Waals surface area contributed by atoms with E-state index in [0.29, 0.717) is 50.1 Å². The van der Waals surface area contributed by atoms with Gasteiger partial charge < -0.3 is 32.0 Å². The van der Waals surface area contributed by atoms with Gasteiger partial charge in [0.05, 0.1) is 12.0 Å². The zero-order valence-electron chi connectivity index (χ0n) is 16.8. The maximum absolute atomic E-state index is 12.5. The lowest BCUT2D eigenvalue weighted by molar-refractivity contribution is -0.132. The van der Waals surface area contributed by atoms with Crippen LogP contribution < -0.4 is 22.1 Å². The normalized spacial score (nSPS) is 18.8. The summed E-state index contributed by atoms with van der Waals surface area (Å²) in [6.45, 7) is 3.52. The summed E-state index contributed by atoms with van der Waals surface area (Å²) in [6.07, 6.45) is 1.58. The Hall–Kier alpha value is -3.48. The maximum Gasteiger partial charge on any atom is 0.302 e. The van der Waals surface area contributed by atoms with E-state index in [2.05, 4.69) is 40.8 Å². The van der Waals surface area contributed by atoms with E-state index in [-0.39, 0.29) is 40.3 Å². The fourth-order valence-electron chi connectivity index (χ4n) is 3.63. The molecule has 0 atom stereocenters. The standard InChI is InChI=1S/C17H22ClN11O2/c1-8-22-9(28-27-8)6-10(30)29-4-2-17(3-5-29)7-21-16(26-17)25-15(31)11-13(19)24-14(20)12(18)23-11/h2-7H2,1H3,(H4,19,20,24)(H,22,27,28)(H2,21,25,26,31). The van der Waals surface area contributed by atoms with Crippen molar-refractivity contribution in [2.45, 2.75) is 31.7 Å². The van der Waals surface area contributed by atoms with Gasteiger partial charge in [0.15, 0.2) is 28.4 Å². The van der Waals surface area contributed by atoms with Crippen LogP contribution in [0.3, 0.4) is 0 Å². The third-order valence-electron chi connectivity index (χ3n) is 5.34. The zero-order valence-corrected chi connectivity index (χ0v) is 17.5. The number of aryl methyl sites for hydroxylation is 1. The first kappa shape index (κ1) is 20.8. The van der Waals surface area contributed by atoms with Crippen molar-refractivity contribution in [3.63, 3.8) is 0 Å². The second-order valence-corrected chi connectivity index (χ2v) is 7.93. The number of rotatable bonds is 3. The first-order chi connectivity index (χ1) is 14.7. The molecule has 0 radical (unpaired) electrons. The van der Waals surface area contributed by atoms with Crippen molar-refractivity contribution in [2.75, 3.05) is 31.1 Å². The van der Waals surface area contributed by atoms with Gasteiger partial charge >= 0.3 is 5.91 Å². The van der Waals surface area contributed by atoms with E-state index in [1.54, 1.807) is 11.8 Å². The van der Waals surface area contributed by atoms with E-state index in [1.807, 2.05) is 0 Å². The van der Waals surface area contributed by atoms with Gasteiger partial charge in [0.25, 0.3) is 0 Å². The Morgan fingerprint density at radius 1 is 1.19 bits per heavy atom. The number of nitrogens with one attached hydrogen (secondary N) is 3. The molecule has 0 saturated carbocycles. The number of anilines is 2. The van der Waals surface area contributed by atoms with Gasteiger partial charge in [0.2, 0.25) is 5.91 Å². The molecule has 2 fully saturated rings. The summed E-state index contributed by atoms with van der Waals surface area (Å²) in [6, 6.07) is 0. The molecule has 0 aliphatic carbocycles. The number of nitrogens with two attached hydrogens (primary N) is 2. The van der Waals surface area contributed by atoms with Crippen LogP contribution in [0.2, 0.25) is 5.15 Å². The molecule has 4 heterocycles. The predicted molar refractivity (Wildman–Crippen MR) is 112 cm³/mol. The van der Waals surface area contributed by atoms with Crippen LogP contribution in [0.15, 0.2) is 4.99 Å². The lowest BCUT2D eigenvalue weighted by Crippen LogP contribution is -2.54. The smallest absolute Gasteiger partial charge is 0.302 e. The Balaban J connectivity index is 1.36. The van der Waals surface area contributed by atoms with E-state index >= 15 is 0 Å². The highest BCUT2D eigenvalue weighted by atomic mass is 35.5. The Bertz CT molecular complexity index is 1060. The van der Waals surface area contributed by atoms with Gasteiger partial charge in [-0.05, 0) is 19.8 Å². The van der Waals surface area contributed by atoms with Gasteiger partial charge in [-0.25, -0.2) is 9.97 Å². The van der Waals surface area contributed by atoms with Gasteiger partial charge in [-0.2, -0.15) is 4.99 Å². The van der Waals surface area contributed by atoms with Crippen molar-refractivity contribution in [1.82, 2.24) is 40.7 Å². The molecule has 31 heavy (non-hydrogen) atoms. The Labute approximate surface area is 182 Å². The fourth-order valence-corrected chi connectivity index (χ4v) is 3.75. The summed E-state index contributed by atoms with van der Waals surface area (Å²) >= 11 is 5.83. The molecule has 1 spiro atoms. The second kappa shape index (κ2) is 7.98. The van der Waals surface area contributed by atoms with Crippen molar-refractivity contribution < 1.29 is 9.59 Å². The highest BCUT2D eigenvalue weighted by molar-refractivity contribution is 6.31. The Kier molecular flexibility index (Phi) is 5.35. The molecular weight excluding hydrogens is 426 g/mol. The molecule has 2 saturated heterocycles. The van der Waals surface area contributed by atoms with Crippen LogP contribution in [0.4, 0.5) is 11.6 Å². The molecule has 2 aliphatic rings. The van der Waals surface area contributed by atoms with Crippen molar-refractivity contribution >= 4 is 41.0 Å². The number of aromatic amines is 1. The number of halogens is 1. The molecule has 13 nitrogen and oxygen atoms in total. The van der Waals surface area contributed by atoms with E-state index in [1.165, 1.54) is 0 Å². The average molecular weight is 448 g/mol. The number of H-pyrrole nitrogens is 1. The quantitative estimate of drug-likeness (QED) is 0.390.